The molecule has 3 nitrogen and oxygen atoms in total. The Bertz CT molecular complexity index is 408. The third-order valence-electron chi connectivity index (χ3n) is 3.25. The molecule has 18 heavy (non-hydrogen) atoms. The lowest BCUT2D eigenvalue weighted by molar-refractivity contribution is 0.0952. The summed E-state index contributed by atoms with van der Waals surface area (Å²) in [6, 6.07) is 5.97. The van der Waals surface area contributed by atoms with Crippen LogP contribution < -0.4 is 10.6 Å². The predicted octanol–water partition coefficient (Wildman–Crippen LogP) is 2.52. The molecule has 2 rings (SSSR count). The number of hydrogen-bond donors (Lipinski definition) is 2. The molecule has 1 heterocycles. The highest BCUT2D eigenvalue weighted by molar-refractivity contribution is 6.31. The highest BCUT2D eigenvalue weighted by atomic mass is 35.5. The maximum atomic E-state index is 11.9. The smallest absolute Gasteiger partial charge is 0.251 e. The Morgan fingerprint density at radius 1 is 1.50 bits per heavy atom. The Kier molecular flexibility index (Phi) is 4.61. The maximum Gasteiger partial charge on any atom is 0.251 e. The molecule has 1 aromatic carbocycles. The molecule has 0 radical (unpaired) electrons. The highest BCUT2D eigenvalue weighted by Crippen LogP contribution is 2.14. The zero-order chi connectivity index (χ0) is 13.0. The van der Waals surface area contributed by atoms with E-state index in [0.29, 0.717) is 23.2 Å². The number of nitrogens with one attached hydrogen (secondary N) is 2. The number of benzene rings is 1. The minimum absolute atomic E-state index is 0.0430. The lowest BCUT2D eigenvalue weighted by Gasteiger charge is -2.11. The molecule has 2 N–H and O–H groups in total. The van der Waals surface area contributed by atoms with Crippen LogP contribution in [0.5, 0.6) is 0 Å². The molecule has 98 valence electrons. The van der Waals surface area contributed by atoms with Gasteiger partial charge in [-0.25, -0.2) is 0 Å². The molecule has 1 saturated heterocycles. The van der Waals surface area contributed by atoms with Gasteiger partial charge in [-0.2, -0.15) is 0 Å². The van der Waals surface area contributed by atoms with Crippen LogP contribution in [0, 0.1) is 6.92 Å². The number of hydrogen-bond acceptors (Lipinski definition) is 2. The topological polar surface area (TPSA) is 41.1 Å². The number of aryl methyl sites for hydroxylation is 1. The van der Waals surface area contributed by atoms with Crippen LogP contribution in [0.1, 0.15) is 35.2 Å². The summed E-state index contributed by atoms with van der Waals surface area (Å²) >= 11 is 5.94. The van der Waals surface area contributed by atoms with Crippen LogP contribution in [0.2, 0.25) is 5.02 Å². The average Bonchev–Trinajstić information content (AvgIpc) is 2.80. The summed E-state index contributed by atoms with van der Waals surface area (Å²) in [5, 5.41) is 6.97. The van der Waals surface area contributed by atoms with E-state index in [1.165, 1.54) is 12.8 Å². The molecule has 1 atom stereocenters. The molecular formula is C14H19ClN2O. The van der Waals surface area contributed by atoms with E-state index in [4.69, 9.17) is 11.6 Å². The summed E-state index contributed by atoms with van der Waals surface area (Å²) in [5.41, 5.74) is 1.64. The number of halogens is 1. The zero-order valence-electron chi connectivity index (χ0n) is 10.6. The number of carbonyl (C=O) groups is 1. The van der Waals surface area contributed by atoms with Gasteiger partial charge in [0, 0.05) is 23.2 Å². The van der Waals surface area contributed by atoms with Crippen molar-refractivity contribution in [2.75, 3.05) is 13.1 Å². The van der Waals surface area contributed by atoms with Crippen molar-refractivity contribution in [3.63, 3.8) is 0 Å². The first kappa shape index (κ1) is 13.4. The highest BCUT2D eigenvalue weighted by Gasteiger charge is 2.14. The third kappa shape index (κ3) is 3.72. The summed E-state index contributed by atoms with van der Waals surface area (Å²) in [6.45, 7) is 3.75. The Morgan fingerprint density at radius 3 is 3.00 bits per heavy atom. The first-order chi connectivity index (χ1) is 8.65. The van der Waals surface area contributed by atoms with Gasteiger partial charge in [0.1, 0.15) is 0 Å². The molecule has 0 bridgehead atoms. The minimum atomic E-state index is -0.0430. The van der Waals surface area contributed by atoms with Crippen molar-refractivity contribution in [1.82, 2.24) is 10.6 Å². The Labute approximate surface area is 113 Å². The summed E-state index contributed by atoms with van der Waals surface area (Å²) in [7, 11) is 0. The van der Waals surface area contributed by atoms with Crippen molar-refractivity contribution in [3.05, 3.63) is 34.3 Å². The Hall–Kier alpha value is -1.06. The Balaban J connectivity index is 1.83. The van der Waals surface area contributed by atoms with Crippen molar-refractivity contribution < 1.29 is 4.79 Å². The normalized spacial score (nSPS) is 18.9. The summed E-state index contributed by atoms with van der Waals surface area (Å²) in [6.07, 6.45) is 3.45. The van der Waals surface area contributed by atoms with Gasteiger partial charge < -0.3 is 10.6 Å². The van der Waals surface area contributed by atoms with Gasteiger partial charge in [-0.1, -0.05) is 11.6 Å². The van der Waals surface area contributed by atoms with E-state index in [9.17, 15) is 4.79 Å². The zero-order valence-corrected chi connectivity index (χ0v) is 11.4. The summed E-state index contributed by atoms with van der Waals surface area (Å²) < 4.78 is 0. The van der Waals surface area contributed by atoms with Crippen molar-refractivity contribution in [3.8, 4) is 0 Å². The van der Waals surface area contributed by atoms with E-state index in [1.807, 2.05) is 19.1 Å². The quantitative estimate of drug-likeness (QED) is 0.879. The van der Waals surface area contributed by atoms with Crippen molar-refractivity contribution in [2.24, 2.45) is 0 Å². The molecule has 1 aromatic rings. The number of carbonyl (C=O) groups excluding carboxylic acids is 1. The van der Waals surface area contributed by atoms with Crippen LogP contribution in [0.4, 0.5) is 0 Å². The van der Waals surface area contributed by atoms with Gasteiger partial charge in [-0.15, -0.1) is 0 Å². The van der Waals surface area contributed by atoms with Crippen LogP contribution in [0.25, 0.3) is 0 Å². The molecule has 1 amide bonds. The van der Waals surface area contributed by atoms with E-state index in [1.54, 1.807) is 6.07 Å². The molecule has 0 aliphatic carbocycles. The van der Waals surface area contributed by atoms with E-state index in [0.717, 1.165) is 18.5 Å². The summed E-state index contributed by atoms with van der Waals surface area (Å²) in [5.74, 6) is -0.0430. The molecule has 4 heteroatoms. The fraction of sp³-hybridized carbons (Fsp3) is 0.500. The molecule has 1 aliphatic heterocycles. The Morgan fingerprint density at radius 2 is 2.33 bits per heavy atom. The monoisotopic (exact) mass is 266 g/mol. The molecule has 0 unspecified atom stereocenters. The largest absolute Gasteiger partial charge is 0.352 e. The minimum Gasteiger partial charge on any atom is -0.352 e. The van der Waals surface area contributed by atoms with E-state index in [2.05, 4.69) is 10.6 Å². The molecule has 1 fully saturated rings. The van der Waals surface area contributed by atoms with Crippen LogP contribution >= 0.6 is 11.6 Å². The van der Waals surface area contributed by atoms with Gasteiger partial charge in [0.15, 0.2) is 0 Å². The van der Waals surface area contributed by atoms with Crippen LogP contribution in [0.15, 0.2) is 18.2 Å². The average molecular weight is 267 g/mol. The lowest BCUT2D eigenvalue weighted by Crippen LogP contribution is -2.30. The second-order valence-corrected chi connectivity index (χ2v) is 5.29. The van der Waals surface area contributed by atoms with E-state index in [-0.39, 0.29) is 5.91 Å². The molecule has 0 aromatic heterocycles. The number of amides is 1. The van der Waals surface area contributed by atoms with Gasteiger partial charge in [-0.05, 0) is 56.5 Å². The molecule has 0 saturated carbocycles. The van der Waals surface area contributed by atoms with Gasteiger partial charge in [0.05, 0.1) is 0 Å². The van der Waals surface area contributed by atoms with E-state index < -0.39 is 0 Å². The van der Waals surface area contributed by atoms with Gasteiger partial charge in [-0.3, -0.25) is 4.79 Å². The fourth-order valence-electron chi connectivity index (χ4n) is 2.33. The van der Waals surface area contributed by atoms with Crippen LogP contribution in [0.3, 0.4) is 0 Å². The van der Waals surface area contributed by atoms with Gasteiger partial charge >= 0.3 is 0 Å². The first-order valence-electron chi connectivity index (χ1n) is 6.44. The summed E-state index contributed by atoms with van der Waals surface area (Å²) in [4.78, 5) is 11.9. The van der Waals surface area contributed by atoms with E-state index >= 15 is 0 Å². The first-order valence-corrected chi connectivity index (χ1v) is 6.82. The maximum absolute atomic E-state index is 11.9. The van der Waals surface area contributed by atoms with Gasteiger partial charge in [0.25, 0.3) is 5.91 Å². The second-order valence-electron chi connectivity index (χ2n) is 4.86. The fourth-order valence-corrected chi connectivity index (χ4v) is 2.62. The third-order valence-corrected chi connectivity index (χ3v) is 3.46. The van der Waals surface area contributed by atoms with Crippen molar-refractivity contribution >= 4 is 17.5 Å². The van der Waals surface area contributed by atoms with Crippen LogP contribution in [-0.4, -0.2) is 25.0 Å². The molecule has 1 aliphatic rings. The van der Waals surface area contributed by atoms with Crippen molar-refractivity contribution in [2.45, 2.75) is 32.2 Å². The van der Waals surface area contributed by atoms with Gasteiger partial charge in [0.2, 0.25) is 0 Å². The second kappa shape index (κ2) is 6.21. The SMILES string of the molecule is Cc1cc(Cl)cc(C(=O)NCC[C@@H]2CCCN2)c1. The standard InChI is InChI=1S/C14H19ClN2O/c1-10-7-11(9-12(15)8-10)14(18)17-6-4-13-3-2-5-16-13/h7-9,13,16H,2-6H2,1H3,(H,17,18)/t13-/m0/s1. The molecule has 0 spiro atoms. The predicted molar refractivity (Wildman–Crippen MR) is 74.2 cm³/mol. The number of rotatable bonds is 4. The van der Waals surface area contributed by atoms with Crippen molar-refractivity contribution in [1.29, 1.82) is 0 Å². The molecular weight excluding hydrogens is 248 g/mol. The lowest BCUT2D eigenvalue weighted by atomic mass is 10.1. The van der Waals surface area contributed by atoms with Crippen LogP contribution in [-0.2, 0) is 0 Å².